The van der Waals surface area contributed by atoms with Crippen LogP contribution >= 0.6 is 11.3 Å². The van der Waals surface area contributed by atoms with E-state index in [9.17, 15) is 18.3 Å². The summed E-state index contributed by atoms with van der Waals surface area (Å²) in [6.45, 7) is 6.71. The second kappa shape index (κ2) is 14.0. The summed E-state index contributed by atoms with van der Waals surface area (Å²) < 4.78 is 40.6. The number of urea groups is 1. The van der Waals surface area contributed by atoms with Crippen LogP contribution in [0.4, 0.5) is 10.5 Å². The molecule has 3 aromatic rings. The summed E-state index contributed by atoms with van der Waals surface area (Å²) in [5.41, 5.74) is 1.13. The van der Waals surface area contributed by atoms with E-state index in [1.807, 2.05) is 30.3 Å². The zero-order valence-electron chi connectivity index (χ0n) is 25.2. The van der Waals surface area contributed by atoms with Crippen LogP contribution in [-0.2, 0) is 26.0 Å². The summed E-state index contributed by atoms with van der Waals surface area (Å²) in [5.74, 6) is 0.243. The molecule has 0 radical (unpaired) electrons. The van der Waals surface area contributed by atoms with Crippen molar-refractivity contribution < 1.29 is 27.8 Å². The number of sulfonamides is 1. The van der Waals surface area contributed by atoms with Crippen molar-refractivity contribution in [2.45, 2.75) is 87.9 Å². The second-order valence-corrected chi connectivity index (χ2v) is 15.0. The molecule has 2 aliphatic rings. The predicted molar refractivity (Wildman–Crippen MR) is 170 cm³/mol. The lowest BCUT2D eigenvalue weighted by Crippen LogP contribution is -2.47. The Kier molecular flexibility index (Phi) is 10.4. The van der Waals surface area contributed by atoms with E-state index in [0.717, 1.165) is 41.1 Å². The number of carbonyl (C=O) groups is 1. The number of aliphatic hydroxyl groups is 1. The maximum absolute atomic E-state index is 13.6. The molecule has 1 saturated carbocycles. The monoisotopic (exact) mass is 643 g/mol. The topological polar surface area (TPSA) is 151 Å². The van der Waals surface area contributed by atoms with Crippen molar-refractivity contribution in [1.29, 1.82) is 0 Å². The number of ether oxygens (including phenoxy) is 2. The van der Waals surface area contributed by atoms with Crippen LogP contribution in [0, 0.1) is 0 Å². The van der Waals surface area contributed by atoms with Crippen LogP contribution in [0.1, 0.15) is 62.9 Å². The number of rotatable bonds is 11. The molecule has 44 heavy (non-hydrogen) atoms. The van der Waals surface area contributed by atoms with Gasteiger partial charge in [0, 0.05) is 41.5 Å². The molecule has 1 aromatic heterocycles. The fourth-order valence-electron chi connectivity index (χ4n) is 5.26. The van der Waals surface area contributed by atoms with Gasteiger partial charge in [0.1, 0.15) is 6.10 Å². The number of nitrogens with zero attached hydrogens (tertiary/aromatic N) is 1. The third-order valence-electron chi connectivity index (χ3n) is 7.44. The van der Waals surface area contributed by atoms with Crippen molar-refractivity contribution in [3.8, 4) is 10.4 Å². The summed E-state index contributed by atoms with van der Waals surface area (Å²) in [6.07, 6.45) is 4.17. The van der Waals surface area contributed by atoms with Crippen LogP contribution in [0.25, 0.3) is 10.4 Å². The number of nitrogens with one attached hydrogen (secondary N) is 4. The second-order valence-electron chi connectivity index (χ2n) is 12.3. The number of aliphatic hydroxyl groups excluding tert-OH is 1. The first-order chi connectivity index (χ1) is 20.9. The molecular weight excluding hydrogens is 603 g/mol. The van der Waals surface area contributed by atoms with Crippen molar-refractivity contribution in [2.24, 2.45) is 0 Å². The Labute approximate surface area is 262 Å². The van der Waals surface area contributed by atoms with E-state index in [4.69, 9.17) is 14.5 Å². The van der Waals surface area contributed by atoms with Gasteiger partial charge in [0.2, 0.25) is 16.4 Å². The molecule has 1 atom stereocenters. The molecule has 1 aliphatic carbocycles. The first-order valence-corrected chi connectivity index (χ1v) is 17.2. The van der Waals surface area contributed by atoms with Gasteiger partial charge >= 0.3 is 6.03 Å². The van der Waals surface area contributed by atoms with E-state index in [1.165, 1.54) is 17.4 Å². The third-order valence-corrected chi connectivity index (χ3v) is 10.4. The summed E-state index contributed by atoms with van der Waals surface area (Å²) in [7, 11) is -3.95. The third kappa shape index (κ3) is 8.84. The molecule has 1 aliphatic heterocycles. The zero-order valence-corrected chi connectivity index (χ0v) is 26.8. The Morgan fingerprint density at radius 2 is 1.84 bits per heavy atom. The van der Waals surface area contributed by atoms with Crippen LogP contribution < -0.4 is 20.7 Å². The van der Waals surface area contributed by atoms with Crippen LogP contribution in [0.2, 0.25) is 0 Å². The van der Waals surface area contributed by atoms with E-state index < -0.39 is 28.0 Å². The Morgan fingerprint density at radius 1 is 1.11 bits per heavy atom. The Bertz CT molecular complexity index is 1510. The van der Waals surface area contributed by atoms with Gasteiger partial charge in [-0.25, -0.2) is 22.9 Å². The van der Waals surface area contributed by atoms with E-state index in [0.29, 0.717) is 31.0 Å². The zero-order chi connectivity index (χ0) is 31.3. The quantitative estimate of drug-likeness (QED) is 0.192. The minimum absolute atomic E-state index is 0.0588. The van der Waals surface area contributed by atoms with Gasteiger partial charge in [-0.1, -0.05) is 36.4 Å². The molecule has 2 fully saturated rings. The minimum Gasteiger partial charge on any atom is -0.376 e. The standard InChI is InChI=1S/C31H41N5O6S2/c1-31(2,3)36-44(39,40)27-15-23(34-29(37)33-16-20-7-5-4-6-8-20)13-14-25(27)26-17-32-28(43-26)21-9-11-22(12-10-21)35-30(38)42-24-18-41-19-24/h4-8,13-15,17,21-22,24,30,35-36,38H,9-12,16,18-19H2,1-3H3,(H2,33,34,37). The number of anilines is 1. The Hall–Kier alpha value is -2.91. The van der Waals surface area contributed by atoms with Gasteiger partial charge in [-0.05, 0) is 64.2 Å². The first-order valence-electron chi connectivity index (χ1n) is 14.9. The number of hydrogen-bond donors (Lipinski definition) is 5. The lowest BCUT2D eigenvalue weighted by molar-refractivity contribution is -0.224. The number of thiazole rings is 1. The molecule has 5 N–H and O–H groups in total. The van der Waals surface area contributed by atoms with Gasteiger partial charge in [0.15, 0.2) is 0 Å². The normalized spacial score (nSPS) is 20.1. The molecule has 0 bridgehead atoms. The molecule has 238 valence electrons. The maximum Gasteiger partial charge on any atom is 0.319 e. The highest BCUT2D eigenvalue weighted by molar-refractivity contribution is 7.89. The molecule has 1 saturated heterocycles. The highest BCUT2D eigenvalue weighted by Crippen LogP contribution is 2.40. The number of benzene rings is 2. The molecule has 13 heteroatoms. The Morgan fingerprint density at radius 3 is 2.50 bits per heavy atom. The molecule has 2 heterocycles. The molecule has 0 spiro atoms. The number of hydrogen-bond acceptors (Lipinski definition) is 9. The van der Waals surface area contributed by atoms with Gasteiger partial charge in [-0.3, -0.25) is 5.32 Å². The molecule has 1 unspecified atom stereocenters. The van der Waals surface area contributed by atoms with Gasteiger partial charge in [0.05, 0.1) is 28.0 Å². The van der Waals surface area contributed by atoms with Gasteiger partial charge in [0.25, 0.3) is 0 Å². The summed E-state index contributed by atoms with van der Waals surface area (Å²) in [4.78, 5) is 18.1. The Balaban J connectivity index is 1.28. The van der Waals surface area contributed by atoms with E-state index in [1.54, 1.807) is 39.1 Å². The number of aromatic nitrogens is 1. The van der Waals surface area contributed by atoms with E-state index in [-0.39, 0.29) is 23.0 Å². The maximum atomic E-state index is 13.6. The first kappa shape index (κ1) is 32.5. The van der Waals surface area contributed by atoms with Crippen molar-refractivity contribution >= 4 is 33.1 Å². The number of carbonyl (C=O) groups excluding carboxylic acids is 1. The smallest absolute Gasteiger partial charge is 0.319 e. The largest absolute Gasteiger partial charge is 0.376 e. The molecule has 11 nitrogen and oxygen atoms in total. The van der Waals surface area contributed by atoms with Crippen molar-refractivity contribution in [2.75, 3.05) is 18.5 Å². The summed E-state index contributed by atoms with van der Waals surface area (Å²) in [6, 6.07) is 14.1. The van der Waals surface area contributed by atoms with Gasteiger partial charge in [-0.15, -0.1) is 11.3 Å². The highest BCUT2D eigenvalue weighted by atomic mass is 32.2. The van der Waals surface area contributed by atoms with Gasteiger partial charge in [-0.2, -0.15) is 0 Å². The van der Waals surface area contributed by atoms with Crippen LogP contribution in [0.5, 0.6) is 0 Å². The summed E-state index contributed by atoms with van der Waals surface area (Å²) >= 11 is 1.49. The summed E-state index contributed by atoms with van der Waals surface area (Å²) in [5, 5.41) is 19.8. The highest BCUT2D eigenvalue weighted by Gasteiger charge is 2.30. The van der Waals surface area contributed by atoms with Crippen LogP contribution in [0.15, 0.2) is 59.6 Å². The van der Waals surface area contributed by atoms with Crippen LogP contribution in [-0.4, -0.2) is 61.9 Å². The van der Waals surface area contributed by atoms with E-state index >= 15 is 0 Å². The van der Waals surface area contributed by atoms with Crippen molar-refractivity contribution in [3.05, 3.63) is 65.3 Å². The lowest BCUT2D eigenvalue weighted by Gasteiger charge is -2.33. The molecule has 2 aromatic carbocycles. The molecule has 5 rings (SSSR count). The average molecular weight is 644 g/mol. The van der Waals surface area contributed by atoms with Crippen molar-refractivity contribution in [1.82, 2.24) is 20.3 Å². The van der Waals surface area contributed by atoms with Crippen molar-refractivity contribution in [3.63, 3.8) is 0 Å². The number of amides is 2. The minimum atomic E-state index is -3.95. The average Bonchev–Trinajstić information content (AvgIpc) is 3.44. The molecular formula is C31H41N5O6S2. The van der Waals surface area contributed by atoms with Crippen LogP contribution in [0.3, 0.4) is 0 Å². The van der Waals surface area contributed by atoms with E-state index in [2.05, 4.69) is 20.7 Å². The SMILES string of the molecule is CC(C)(C)NS(=O)(=O)c1cc(NC(=O)NCc2ccccc2)ccc1-c1cnc(C2CCC(NC(O)OC3COC3)CC2)s1. The molecule has 2 amide bonds. The fraction of sp³-hybridized carbons (Fsp3) is 0.484. The van der Waals surface area contributed by atoms with Gasteiger partial charge < -0.3 is 25.2 Å². The lowest BCUT2D eigenvalue weighted by atomic mass is 9.86. The fourth-order valence-corrected chi connectivity index (χ4v) is 8.12. The predicted octanol–water partition coefficient (Wildman–Crippen LogP) is 4.52.